The third-order valence-electron chi connectivity index (χ3n) is 2.73. The van der Waals surface area contributed by atoms with Gasteiger partial charge in [0.05, 0.1) is 5.69 Å². The van der Waals surface area contributed by atoms with Crippen LogP contribution < -0.4 is 4.31 Å². The Bertz CT molecular complexity index is 664. The van der Waals surface area contributed by atoms with Gasteiger partial charge in [-0.3, -0.25) is 4.79 Å². The van der Waals surface area contributed by atoms with Gasteiger partial charge in [0.25, 0.3) is 5.91 Å². The van der Waals surface area contributed by atoms with E-state index in [0.29, 0.717) is 23.2 Å². The van der Waals surface area contributed by atoms with E-state index in [4.69, 9.17) is 46.4 Å². The van der Waals surface area contributed by atoms with E-state index in [1.807, 2.05) is 0 Å². The summed E-state index contributed by atoms with van der Waals surface area (Å²) in [6, 6.07) is 16.9. The van der Waals surface area contributed by atoms with Crippen LogP contribution >= 0.6 is 58.4 Å². The van der Waals surface area contributed by atoms with Crippen LogP contribution in [0.15, 0.2) is 60.7 Å². The Kier molecular flexibility index (Phi) is 6.09. The Balaban J connectivity index is 2.40. The Morgan fingerprint density at radius 1 is 0.913 bits per heavy atom. The van der Waals surface area contributed by atoms with Crippen LogP contribution in [0.5, 0.6) is 0 Å². The summed E-state index contributed by atoms with van der Waals surface area (Å²) in [4.78, 5) is 12.7. The highest BCUT2D eigenvalue weighted by Crippen LogP contribution is 2.53. The summed E-state index contributed by atoms with van der Waals surface area (Å²) in [7, 11) is 0. The third-order valence-corrected chi connectivity index (χ3v) is 5.91. The first-order valence-electron chi connectivity index (χ1n) is 6.30. The molecule has 0 aromatic heterocycles. The maximum atomic E-state index is 13.8. The number of hydrogen-bond acceptors (Lipinski definition) is 2. The van der Waals surface area contributed by atoms with Crippen molar-refractivity contribution in [2.24, 2.45) is 0 Å². The van der Waals surface area contributed by atoms with Crippen molar-refractivity contribution in [2.45, 2.75) is 8.25 Å². The molecule has 0 saturated heterocycles. The molecule has 0 heterocycles. The van der Waals surface area contributed by atoms with E-state index in [-0.39, 0.29) is 0 Å². The maximum Gasteiger partial charge on any atom is 0.301 e. The molecule has 122 valence electrons. The van der Waals surface area contributed by atoms with Crippen LogP contribution in [0.4, 0.5) is 10.1 Å². The van der Waals surface area contributed by atoms with Gasteiger partial charge in [0, 0.05) is 17.5 Å². The number of benzene rings is 2. The van der Waals surface area contributed by atoms with E-state index in [0.717, 1.165) is 4.31 Å². The van der Waals surface area contributed by atoms with Crippen LogP contribution in [-0.4, -0.2) is 14.2 Å². The monoisotopic (exact) mass is 411 g/mol. The van der Waals surface area contributed by atoms with Crippen LogP contribution in [0, 0.1) is 0 Å². The van der Waals surface area contributed by atoms with Crippen LogP contribution in [0.25, 0.3) is 0 Å². The highest BCUT2D eigenvalue weighted by atomic mass is 35.5. The lowest BCUT2D eigenvalue weighted by atomic mass is 10.2. The van der Waals surface area contributed by atoms with Gasteiger partial charge in [0.15, 0.2) is 0 Å². The van der Waals surface area contributed by atoms with E-state index in [9.17, 15) is 9.18 Å². The highest BCUT2D eigenvalue weighted by molar-refractivity contribution is 8.05. The van der Waals surface area contributed by atoms with E-state index < -0.39 is 14.2 Å². The summed E-state index contributed by atoms with van der Waals surface area (Å²) < 4.78 is 9.70. The predicted molar refractivity (Wildman–Crippen MR) is 97.3 cm³/mol. The molecule has 0 aliphatic rings. The molecule has 1 amide bonds. The second-order valence-electron chi connectivity index (χ2n) is 4.41. The predicted octanol–water partition coefficient (Wildman–Crippen LogP) is 6.21. The van der Waals surface area contributed by atoms with Crippen molar-refractivity contribution in [3.8, 4) is 0 Å². The first kappa shape index (κ1) is 18.7. The number of alkyl halides is 5. The molecule has 0 unspecified atom stereocenters. The Morgan fingerprint density at radius 2 is 1.39 bits per heavy atom. The van der Waals surface area contributed by atoms with E-state index >= 15 is 0 Å². The first-order valence-corrected chi connectivity index (χ1v) is 8.59. The molecule has 2 rings (SSSR count). The van der Waals surface area contributed by atoms with Gasteiger partial charge in [0.2, 0.25) is 3.67 Å². The number of carbonyl (C=O) groups excluding carboxylic acids is 1. The summed E-state index contributed by atoms with van der Waals surface area (Å²) in [5.41, 5.74) is 0.830. The second-order valence-corrected chi connectivity index (χ2v) is 8.58. The molecule has 0 radical (unpaired) electrons. The molecular weight excluding hydrogens is 403 g/mol. The van der Waals surface area contributed by atoms with E-state index in [1.54, 1.807) is 60.7 Å². The van der Waals surface area contributed by atoms with Gasteiger partial charge in [-0.15, -0.1) is 0 Å². The Morgan fingerprint density at radius 3 is 1.87 bits per heavy atom. The fourth-order valence-electron chi connectivity index (χ4n) is 1.64. The Hall–Kier alpha value is -0.650. The van der Waals surface area contributed by atoms with Gasteiger partial charge in [0.1, 0.15) is 0 Å². The SMILES string of the molecule is O=C(c1ccccc1)N(SC(Cl)(Cl)C(F)(Cl)Cl)c1ccccc1. The average Bonchev–Trinajstić information content (AvgIpc) is 2.52. The molecule has 0 fully saturated rings. The van der Waals surface area contributed by atoms with Gasteiger partial charge in [-0.25, -0.2) is 8.70 Å². The standard InChI is InChI=1S/C15H10Cl4FNOS/c16-14(17,20)15(18,19)23-21(12-9-5-2-6-10-12)13(22)11-7-3-1-4-8-11/h1-10H. The van der Waals surface area contributed by atoms with Crippen LogP contribution in [0.1, 0.15) is 10.4 Å². The van der Waals surface area contributed by atoms with Gasteiger partial charge in [-0.1, -0.05) is 82.8 Å². The fraction of sp³-hybridized carbons (Fsp3) is 0.133. The summed E-state index contributed by atoms with van der Waals surface area (Å²) >= 11 is 23.0. The largest absolute Gasteiger partial charge is 0.301 e. The van der Waals surface area contributed by atoms with Crippen LogP contribution in [-0.2, 0) is 0 Å². The smallest absolute Gasteiger partial charge is 0.268 e. The zero-order valence-corrected chi connectivity index (χ0v) is 15.3. The molecule has 0 aliphatic heterocycles. The molecule has 0 aliphatic carbocycles. The van der Waals surface area contributed by atoms with Crippen LogP contribution in [0.3, 0.4) is 0 Å². The second kappa shape index (κ2) is 7.49. The molecule has 0 bridgehead atoms. The van der Waals surface area contributed by atoms with Gasteiger partial charge >= 0.3 is 4.59 Å². The quantitative estimate of drug-likeness (QED) is 0.429. The number of anilines is 1. The molecule has 0 atom stereocenters. The topological polar surface area (TPSA) is 20.3 Å². The lowest BCUT2D eigenvalue weighted by Crippen LogP contribution is -2.36. The normalized spacial score (nSPS) is 12.0. The van der Waals surface area contributed by atoms with Crippen LogP contribution in [0.2, 0.25) is 0 Å². The summed E-state index contributed by atoms with van der Waals surface area (Å²) in [5, 5.41) is 0. The number of nitrogens with zero attached hydrogens (tertiary/aromatic N) is 1. The minimum absolute atomic E-state index is 0.376. The van der Waals surface area contributed by atoms with Crippen molar-refractivity contribution >= 4 is 69.9 Å². The van der Waals surface area contributed by atoms with Crippen molar-refractivity contribution in [2.75, 3.05) is 4.31 Å². The van der Waals surface area contributed by atoms with Crippen molar-refractivity contribution < 1.29 is 9.18 Å². The number of para-hydroxylation sites is 1. The molecule has 2 aromatic carbocycles. The van der Waals surface area contributed by atoms with Crippen molar-refractivity contribution in [3.05, 3.63) is 66.2 Å². The number of amides is 1. The molecule has 23 heavy (non-hydrogen) atoms. The summed E-state index contributed by atoms with van der Waals surface area (Å²) in [6.45, 7) is 0. The number of rotatable bonds is 5. The molecule has 2 aromatic rings. The zero-order valence-electron chi connectivity index (χ0n) is 11.4. The van der Waals surface area contributed by atoms with Crippen molar-refractivity contribution in [1.29, 1.82) is 0 Å². The minimum atomic E-state index is -2.97. The molecule has 0 N–H and O–H groups in total. The first-order chi connectivity index (χ1) is 10.7. The molecule has 0 spiro atoms. The van der Waals surface area contributed by atoms with Gasteiger partial charge < -0.3 is 0 Å². The summed E-state index contributed by atoms with van der Waals surface area (Å²) in [6.07, 6.45) is 0. The lowest BCUT2D eigenvalue weighted by molar-refractivity contribution is 0.101. The number of hydrogen-bond donors (Lipinski definition) is 0. The fourth-order valence-corrected chi connectivity index (χ4v) is 3.01. The molecule has 2 nitrogen and oxygen atoms in total. The molecule has 0 saturated carbocycles. The summed E-state index contributed by atoms with van der Waals surface area (Å²) in [5.74, 6) is -0.440. The number of carbonyl (C=O) groups is 1. The van der Waals surface area contributed by atoms with Crippen molar-refractivity contribution in [1.82, 2.24) is 0 Å². The Labute approximate surface area is 157 Å². The molecular formula is C15H10Cl4FNOS. The highest BCUT2D eigenvalue weighted by Gasteiger charge is 2.51. The average molecular weight is 413 g/mol. The third kappa shape index (κ3) is 4.68. The van der Waals surface area contributed by atoms with Gasteiger partial charge in [-0.05, 0) is 24.3 Å². The van der Waals surface area contributed by atoms with Crippen molar-refractivity contribution in [3.63, 3.8) is 0 Å². The van der Waals surface area contributed by atoms with E-state index in [1.165, 1.54) is 0 Å². The molecule has 8 heteroatoms. The van der Waals surface area contributed by atoms with Gasteiger partial charge in [-0.2, -0.15) is 0 Å². The zero-order chi connectivity index (χ0) is 17.1. The van der Waals surface area contributed by atoms with E-state index in [2.05, 4.69) is 0 Å². The maximum absolute atomic E-state index is 13.8. The lowest BCUT2D eigenvalue weighted by Gasteiger charge is -2.31. The number of halogens is 5. The minimum Gasteiger partial charge on any atom is -0.268 e.